The Morgan fingerprint density at radius 1 is 0.871 bits per heavy atom. The van der Waals surface area contributed by atoms with Crippen LogP contribution >= 0.6 is 0 Å². The molecule has 6 heteroatoms. The number of hydrogen-bond acceptors (Lipinski definition) is 4. The smallest absolute Gasteiger partial charge is 0.261 e. The normalized spacial score (nSPS) is 11.2. The van der Waals surface area contributed by atoms with Crippen molar-refractivity contribution in [3.63, 3.8) is 0 Å². The van der Waals surface area contributed by atoms with E-state index in [1.807, 2.05) is 86.6 Å². The fourth-order valence-corrected chi connectivity index (χ4v) is 3.76. The minimum atomic E-state index is -0.316. The fraction of sp³-hybridized carbons (Fsp3) is 0.0800. The Kier molecular flexibility index (Phi) is 4.40. The highest BCUT2D eigenvalue weighted by molar-refractivity contribution is 6.16. The number of anilines is 2. The summed E-state index contributed by atoms with van der Waals surface area (Å²) in [6, 6.07) is 23.2. The van der Waals surface area contributed by atoms with Gasteiger partial charge in [-0.1, -0.05) is 42.0 Å². The highest BCUT2D eigenvalue weighted by atomic mass is 16.1. The molecule has 31 heavy (non-hydrogen) atoms. The number of carbonyl (C=O) groups excluding carboxylic acids is 1. The lowest BCUT2D eigenvalue weighted by Crippen LogP contribution is -2.14. The molecule has 5 aromatic rings. The summed E-state index contributed by atoms with van der Waals surface area (Å²) in [6.45, 7) is 4.00. The fourth-order valence-electron chi connectivity index (χ4n) is 3.76. The van der Waals surface area contributed by atoms with E-state index in [4.69, 9.17) is 15.7 Å². The van der Waals surface area contributed by atoms with Crippen molar-refractivity contribution in [3.8, 4) is 5.69 Å². The number of carbonyl (C=O) groups is 1. The van der Waals surface area contributed by atoms with Crippen LogP contribution in [0.3, 0.4) is 0 Å². The van der Waals surface area contributed by atoms with E-state index in [1.54, 1.807) is 4.57 Å². The van der Waals surface area contributed by atoms with Crippen LogP contribution < -0.4 is 11.1 Å². The largest absolute Gasteiger partial charge is 0.384 e. The van der Waals surface area contributed by atoms with Crippen LogP contribution in [0, 0.1) is 13.8 Å². The summed E-state index contributed by atoms with van der Waals surface area (Å²) in [5, 5.41) is 2.95. The second kappa shape index (κ2) is 7.25. The van der Waals surface area contributed by atoms with Crippen molar-refractivity contribution in [2.24, 2.45) is 0 Å². The van der Waals surface area contributed by atoms with E-state index >= 15 is 0 Å². The van der Waals surface area contributed by atoms with Gasteiger partial charge in [-0.25, -0.2) is 9.97 Å². The zero-order valence-corrected chi connectivity index (χ0v) is 17.3. The first kappa shape index (κ1) is 18.8. The van der Waals surface area contributed by atoms with Gasteiger partial charge in [-0.15, -0.1) is 0 Å². The van der Waals surface area contributed by atoms with E-state index in [1.165, 1.54) is 0 Å². The Hall–Kier alpha value is -4.19. The molecule has 0 radical (unpaired) electrons. The van der Waals surface area contributed by atoms with Gasteiger partial charge in [-0.2, -0.15) is 0 Å². The number of benzene rings is 3. The number of aryl methyl sites for hydroxylation is 2. The third kappa shape index (κ3) is 3.28. The number of rotatable bonds is 3. The summed E-state index contributed by atoms with van der Waals surface area (Å²) >= 11 is 0. The van der Waals surface area contributed by atoms with Crippen LogP contribution in [-0.2, 0) is 0 Å². The molecule has 0 fully saturated rings. The summed E-state index contributed by atoms with van der Waals surface area (Å²) in [4.78, 5) is 22.9. The van der Waals surface area contributed by atoms with Crippen LogP contribution in [0.2, 0.25) is 0 Å². The van der Waals surface area contributed by atoms with Gasteiger partial charge in [0.05, 0.1) is 11.0 Å². The number of hydrogen-bond donors (Lipinski definition) is 2. The van der Waals surface area contributed by atoms with Crippen LogP contribution in [0.1, 0.15) is 21.5 Å². The van der Waals surface area contributed by atoms with E-state index in [9.17, 15) is 4.79 Å². The maximum atomic E-state index is 13.3. The molecule has 0 bridgehead atoms. The van der Waals surface area contributed by atoms with Gasteiger partial charge in [-0.3, -0.25) is 9.36 Å². The van der Waals surface area contributed by atoms with Crippen molar-refractivity contribution in [1.82, 2.24) is 14.5 Å². The molecule has 1 amide bonds. The number of para-hydroxylation sites is 2. The molecule has 6 nitrogen and oxygen atoms in total. The predicted octanol–water partition coefficient (Wildman–Crippen LogP) is 5.03. The Morgan fingerprint density at radius 3 is 2.29 bits per heavy atom. The van der Waals surface area contributed by atoms with Crippen LogP contribution in [-0.4, -0.2) is 20.4 Å². The van der Waals surface area contributed by atoms with Crippen LogP contribution in [0.4, 0.5) is 11.5 Å². The molecule has 0 spiro atoms. The van der Waals surface area contributed by atoms with Crippen molar-refractivity contribution in [3.05, 3.63) is 89.5 Å². The zero-order valence-electron chi connectivity index (χ0n) is 17.3. The third-order valence-electron chi connectivity index (χ3n) is 5.29. The van der Waals surface area contributed by atoms with E-state index in [2.05, 4.69) is 5.32 Å². The van der Waals surface area contributed by atoms with Gasteiger partial charge in [-0.05, 0) is 55.8 Å². The van der Waals surface area contributed by atoms with E-state index in [0.717, 1.165) is 22.3 Å². The zero-order chi connectivity index (χ0) is 21.5. The lowest BCUT2D eigenvalue weighted by molar-refractivity contribution is 0.102. The average molecular weight is 407 g/mol. The molecule has 152 valence electrons. The molecular formula is C25H21N5O. The van der Waals surface area contributed by atoms with Gasteiger partial charge < -0.3 is 11.1 Å². The lowest BCUT2D eigenvalue weighted by atomic mass is 10.2. The molecule has 0 aliphatic heterocycles. The topological polar surface area (TPSA) is 85.8 Å². The first-order chi connectivity index (χ1) is 15.0. The minimum absolute atomic E-state index is 0.305. The maximum Gasteiger partial charge on any atom is 0.261 e. The summed E-state index contributed by atoms with van der Waals surface area (Å²) in [6.07, 6.45) is 0. The lowest BCUT2D eigenvalue weighted by Gasteiger charge is -2.09. The molecule has 3 N–H and O–H groups in total. The molecule has 3 aromatic carbocycles. The highest BCUT2D eigenvalue weighted by Crippen LogP contribution is 2.31. The second-order valence-electron chi connectivity index (χ2n) is 7.64. The van der Waals surface area contributed by atoms with Gasteiger partial charge >= 0.3 is 0 Å². The number of fused-ring (bicyclic) bond motifs is 2. The Bertz CT molecular complexity index is 1450. The molecule has 0 saturated heterocycles. The van der Waals surface area contributed by atoms with Crippen molar-refractivity contribution in [2.75, 3.05) is 11.1 Å². The monoisotopic (exact) mass is 407 g/mol. The molecule has 0 saturated carbocycles. The van der Waals surface area contributed by atoms with Gasteiger partial charge in [0.1, 0.15) is 16.9 Å². The Morgan fingerprint density at radius 2 is 1.58 bits per heavy atom. The summed E-state index contributed by atoms with van der Waals surface area (Å²) in [5.74, 6) is -0.0112. The molecule has 5 rings (SSSR count). The van der Waals surface area contributed by atoms with Crippen LogP contribution in [0.5, 0.6) is 0 Å². The maximum absolute atomic E-state index is 13.3. The van der Waals surface area contributed by atoms with Crippen LogP contribution in [0.25, 0.3) is 27.9 Å². The number of nitrogens with two attached hydrogens (primary N) is 1. The number of nitrogens with zero attached hydrogens (tertiary/aromatic N) is 3. The molecule has 2 heterocycles. The molecular weight excluding hydrogens is 386 g/mol. The predicted molar refractivity (Wildman–Crippen MR) is 125 cm³/mol. The number of aromatic nitrogens is 3. The van der Waals surface area contributed by atoms with Gasteiger partial charge in [0, 0.05) is 11.4 Å². The van der Waals surface area contributed by atoms with Gasteiger partial charge in [0.25, 0.3) is 5.91 Å². The van der Waals surface area contributed by atoms with E-state index < -0.39 is 0 Å². The molecule has 2 aromatic heterocycles. The first-order valence-corrected chi connectivity index (χ1v) is 10.0. The van der Waals surface area contributed by atoms with Gasteiger partial charge in [0.15, 0.2) is 5.65 Å². The van der Waals surface area contributed by atoms with Crippen molar-refractivity contribution >= 4 is 39.6 Å². The van der Waals surface area contributed by atoms with E-state index in [0.29, 0.717) is 33.7 Å². The quantitative estimate of drug-likeness (QED) is 0.439. The van der Waals surface area contributed by atoms with Crippen molar-refractivity contribution in [2.45, 2.75) is 13.8 Å². The number of nitrogen functional groups attached to an aromatic ring is 1. The van der Waals surface area contributed by atoms with E-state index in [-0.39, 0.29) is 5.91 Å². The molecule has 0 aliphatic carbocycles. The molecule has 0 atom stereocenters. The number of nitrogens with one attached hydrogen (secondary N) is 1. The summed E-state index contributed by atoms with van der Waals surface area (Å²) < 4.78 is 1.79. The van der Waals surface area contributed by atoms with Crippen LogP contribution in [0.15, 0.2) is 72.8 Å². The first-order valence-electron chi connectivity index (χ1n) is 10.0. The Balaban J connectivity index is 1.75. The summed E-state index contributed by atoms with van der Waals surface area (Å²) in [5.41, 5.74) is 13.1. The average Bonchev–Trinajstić information content (AvgIpc) is 3.03. The summed E-state index contributed by atoms with van der Waals surface area (Å²) in [7, 11) is 0. The second-order valence-corrected chi connectivity index (χ2v) is 7.64. The molecule has 0 aliphatic rings. The standard InChI is InChI=1S/C25H21N5O/c1-15-10-12-18(13-11-15)30-23(26)21(25(31)27-17-7-5-6-16(2)14-17)22-24(30)29-20-9-4-3-8-19(20)28-22/h3-14H,26H2,1-2H3,(H,27,31). The van der Waals surface area contributed by atoms with Crippen molar-refractivity contribution < 1.29 is 4.79 Å². The Labute approximate surface area is 179 Å². The minimum Gasteiger partial charge on any atom is -0.384 e. The number of amides is 1. The molecule has 0 unspecified atom stereocenters. The van der Waals surface area contributed by atoms with Crippen molar-refractivity contribution in [1.29, 1.82) is 0 Å². The third-order valence-corrected chi connectivity index (χ3v) is 5.29. The van der Waals surface area contributed by atoms with Gasteiger partial charge in [0.2, 0.25) is 0 Å². The SMILES string of the molecule is Cc1ccc(-n2c(N)c(C(=O)Nc3cccc(C)c3)c3nc4ccccc4nc32)cc1. The highest BCUT2D eigenvalue weighted by Gasteiger charge is 2.25.